The number of hydrogen-bond donors (Lipinski definition) is 2. The lowest BCUT2D eigenvalue weighted by Crippen LogP contribution is -2.58. The zero-order valence-electron chi connectivity index (χ0n) is 11.8. The summed E-state index contributed by atoms with van der Waals surface area (Å²) in [7, 11) is 0. The summed E-state index contributed by atoms with van der Waals surface area (Å²) in [6.07, 6.45) is 0.948. The maximum absolute atomic E-state index is 12.2. The van der Waals surface area contributed by atoms with Crippen LogP contribution in [0.4, 0.5) is 0 Å². The van der Waals surface area contributed by atoms with Crippen molar-refractivity contribution in [3.05, 3.63) is 0 Å². The molecule has 1 aliphatic rings. The molecule has 0 spiro atoms. The summed E-state index contributed by atoms with van der Waals surface area (Å²) in [5, 5.41) is 6.51. The first kappa shape index (κ1) is 14.5. The van der Waals surface area contributed by atoms with E-state index in [2.05, 4.69) is 43.2 Å². The maximum Gasteiger partial charge on any atom is 0.237 e. The highest BCUT2D eigenvalue weighted by atomic mass is 16.2. The Morgan fingerprint density at radius 3 is 2.76 bits per heavy atom. The van der Waals surface area contributed by atoms with Gasteiger partial charge in [0.05, 0.1) is 6.04 Å². The molecule has 0 radical (unpaired) electrons. The fraction of sp³-hybridized carbons (Fsp3) is 0.923. The summed E-state index contributed by atoms with van der Waals surface area (Å²) in [5.41, 5.74) is -0.106. The fourth-order valence-corrected chi connectivity index (χ4v) is 2.01. The predicted octanol–water partition coefficient (Wildman–Crippen LogP) is 0.973. The van der Waals surface area contributed by atoms with Gasteiger partial charge in [0.25, 0.3) is 0 Å². The molecule has 0 aromatic heterocycles. The largest absolute Gasteiger partial charge is 0.350 e. The van der Waals surface area contributed by atoms with Gasteiger partial charge in [0.15, 0.2) is 0 Å². The Kier molecular flexibility index (Phi) is 4.95. The van der Waals surface area contributed by atoms with Crippen LogP contribution in [0, 0.1) is 0 Å². The Hall–Kier alpha value is -0.610. The molecule has 0 aromatic rings. The van der Waals surface area contributed by atoms with Gasteiger partial charge in [0, 0.05) is 31.2 Å². The summed E-state index contributed by atoms with van der Waals surface area (Å²) in [5.74, 6) is 0.144. The van der Waals surface area contributed by atoms with Crippen LogP contribution in [0.15, 0.2) is 0 Å². The first-order chi connectivity index (χ1) is 7.85. The van der Waals surface area contributed by atoms with Crippen LogP contribution in [0.3, 0.4) is 0 Å². The van der Waals surface area contributed by atoms with Crippen molar-refractivity contribution in [1.82, 2.24) is 15.5 Å². The number of nitrogens with one attached hydrogen (secondary N) is 2. The molecule has 1 amide bonds. The molecule has 4 nitrogen and oxygen atoms in total. The second-order valence-corrected chi connectivity index (χ2v) is 5.75. The van der Waals surface area contributed by atoms with Crippen molar-refractivity contribution in [1.29, 1.82) is 0 Å². The molecule has 1 rings (SSSR count). The topological polar surface area (TPSA) is 44.4 Å². The van der Waals surface area contributed by atoms with E-state index in [1.165, 1.54) is 0 Å². The van der Waals surface area contributed by atoms with E-state index < -0.39 is 0 Å². The minimum atomic E-state index is -0.106. The lowest BCUT2D eigenvalue weighted by molar-refractivity contribution is -0.128. The lowest BCUT2D eigenvalue weighted by Gasteiger charge is -2.37. The van der Waals surface area contributed by atoms with Gasteiger partial charge < -0.3 is 10.6 Å². The summed E-state index contributed by atoms with van der Waals surface area (Å²) in [6, 6.07) is 0.434. The van der Waals surface area contributed by atoms with Crippen LogP contribution in [0.2, 0.25) is 0 Å². The molecule has 0 aromatic carbocycles. The lowest BCUT2D eigenvalue weighted by atomic mass is 10.0. The summed E-state index contributed by atoms with van der Waals surface area (Å²) >= 11 is 0. The van der Waals surface area contributed by atoms with Crippen molar-refractivity contribution in [2.24, 2.45) is 0 Å². The minimum Gasteiger partial charge on any atom is -0.350 e. The van der Waals surface area contributed by atoms with Gasteiger partial charge in [-0.3, -0.25) is 9.69 Å². The Bertz CT molecular complexity index is 265. The number of rotatable bonds is 4. The molecule has 0 aliphatic carbocycles. The monoisotopic (exact) mass is 241 g/mol. The smallest absolute Gasteiger partial charge is 0.237 e. The molecule has 2 N–H and O–H groups in total. The SMILES string of the molecule is CCC(C)(C)NC(=O)C(C)N1CCN[C@@H](C)C1. The molecule has 100 valence electrons. The molecule has 1 aliphatic heterocycles. The van der Waals surface area contributed by atoms with E-state index in [1.807, 2.05) is 6.92 Å². The summed E-state index contributed by atoms with van der Waals surface area (Å²) < 4.78 is 0. The minimum absolute atomic E-state index is 0.0367. The number of carbonyl (C=O) groups excluding carboxylic acids is 1. The molecule has 17 heavy (non-hydrogen) atoms. The standard InChI is InChI=1S/C13H27N3O/c1-6-13(4,5)15-12(17)11(3)16-8-7-14-10(2)9-16/h10-11,14H,6-9H2,1-5H3,(H,15,17)/t10-,11?/m0/s1. The van der Waals surface area contributed by atoms with Gasteiger partial charge in [-0.05, 0) is 34.1 Å². The number of hydrogen-bond acceptors (Lipinski definition) is 3. The zero-order valence-corrected chi connectivity index (χ0v) is 11.8. The van der Waals surface area contributed by atoms with Crippen molar-refractivity contribution in [3.8, 4) is 0 Å². The normalized spacial score (nSPS) is 24.4. The van der Waals surface area contributed by atoms with Crippen LogP contribution in [0.1, 0.15) is 41.0 Å². The van der Waals surface area contributed by atoms with Crippen molar-refractivity contribution >= 4 is 5.91 Å². The third-order valence-electron chi connectivity index (χ3n) is 3.67. The van der Waals surface area contributed by atoms with Gasteiger partial charge in [-0.1, -0.05) is 6.92 Å². The van der Waals surface area contributed by atoms with E-state index in [0.29, 0.717) is 6.04 Å². The molecule has 4 heteroatoms. The van der Waals surface area contributed by atoms with Gasteiger partial charge >= 0.3 is 0 Å². The average molecular weight is 241 g/mol. The van der Waals surface area contributed by atoms with Crippen molar-refractivity contribution in [3.63, 3.8) is 0 Å². The molecule has 0 bridgehead atoms. The second-order valence-electron chi connectivity index (χ2n) is 5.75. The Morgan fingerprint density at radius 2 is 2.24 bits per heavy atom. The number of amides is 1. The predicted molar refractivity (Wildman–Crippen MR) is 71.0 cm³/mol. The average Bonchev–Trinajstić information content (AvgIpc) is 2.27. The molecule has 2 atom stereocenters. The second kappa shape index (κ2) is 5.83. The van der Waals surface area contributed by atoms with Crippen molar-refractivity contribution < 1.29 is 4.79 Å². The van der Waals surface area contributed by atoms with Crippen LogP contribution in [-0.2, 0) is 4.79 Å². The summed E-state index contributed by atoms with van der Waals surface area (Å²) in [4.78, 5) is 14.4. The van der Waals surface area contributed by atoms with Gasteiger partial charge in [-0.15, -0.1) is 0 Å². The van der Waals surface area contributed by atoms with Gasteiger partial charge in [-0.25, -0.2) is 0 Å². The van der Waals surface area contributed by atoms with Crippen LogP contribution in [0.5, 0.6) is 0 Å². The highest BCUT2D eigenvalue weighted by molar-refractivity contribution is 5.82. The number of piperazine rings is 1. The summed E-state index contributed by atoms with van der Waals surface area (Å²) in [6.45, 7) is 13.3. The van der Waals surface area contributed by atoms with Crippen LogP contribution < -0.4 is 10.6 Å². The molecule has 1 unspecified atom stereocenters. The third-order valence-corrected chi connectivity index (χ3v) is 3.67. The van der Waals surface area contributed by atoms with Crippen LogP contribution in [-0.4, -0.2) is 48.1 Å². The number of nitrogens with zero attached hydrogens (tertiary/aromatic N) is 1. The zero-order chi connectivity index (χ0) is 13.1. The third kappa shape index (κ3) is 4.28. The molecular formula is C13H27N3O. The first-order valence-corrected chi connectivity index (χ1v) is 6.65. The molecule has 1 heterocycles. The molecule has 1 saturated heterocycles. The number of carbonyl (C=O) groups is 1. The first-order valence-electron chi connectivity index (χ1n) is 6.65. The van der Waals surface area contributed by atoms with E-state index in [-0.39, 0.29) is 17.5 Å². The van der Waals surface area contributed by atoms with E-state index in [4.69, 9.17) is 0 Å². The van der Waals surface area contributed by atoms with Crippen molar-refractivity contribution in [2.75, 3.05) is 19.6 Å². The molecule has 1 fully saturated rings. The Labute approximate surface area is 105 Å². The highest BCUT2D eigenvalue weighted by Crippen LogP contribution is 2.10. The van der Waals surface area contributed by atoms with E-state index in [1.54, 1.807) is 0 Å². The Balaban J connectivity index is 2.51. The molecular weight excluding hydrogens is 214 g/mol. The Morgan fingerprint density at radius 1 is 1.59 bits per heavy atom. The van der Waals surface area contributed by atoms with Crippen LogP contribution >= 0.6 is 0 Å². The van der Waals surface area contributed by atoms with Crippen molar-refractivity contribution in [2.45, 2.75) is 58.7 Å². The van der Waals surface area contributed by atoms with E-state index in [0.717, 1.165) is 26.1 Å². The van der Waals surface area contributed by atoms with E-state index in [9.17, 15) is 4.79 Å². The van der Waals surface area contributed by atoms with Crippen LogP contribution in [0.25, 0.3) is 0 Å². The highest BCUT2D eigenvalue weighted by Gasteiger charge is 2.28. The van der Waals surface area contributed by atoms with Gasteiger partial charge in [0.1, 0.15) is 0 Å². The van der Waals surface area contributed by atoms with Gasteiger partial charge in [0.2, 0.25) is 5.91 Å². The molecule has 0 saturated carbocycles. The quantitative estimate of drug-likeness (QED) is 0.771. The maximum atomic E-state index is 12.2. The van der Waals surface area contributed by atoms with E-state index >= 15 is 0 Å². The fourth-order valence-electron chi connectivity index (χ4n) is 2.01. The van der Waals surface area contributed by atoms with Gasteiger partial charge in [-0.2, -0.15) is 0 Å².